The second-order valence-electron chi connectivity index (χ2n) is 5.64. The predicted octanol–water partition coefficient (Wildman–Crippen LogP) is 3.47. The number of hydrogen-bond donors (Lipinski definition) is 1. The summed E-state index contributed by atoms with van der Waals surface area (Å²) in [5, 5.41) is 7.18. The third-order valence-corrected chi connectivity index (χ3v) is 4.04. The zero-order valence-corrected chi connectivity index (χ0v) is 12.0. The molecule has 0 aromatic carbocycles. The monoisotopic (exact) mass is 289 g/mol. The van der Waals surface area contributed by atoms with Crippen LogP contribution in [0.2, 0.25) is 0 Å². The van der Waals surface area contributed by atoms with Crippen molar-refractivity contribution in [3.8, 4) is 0 Å². The van der Waals surface area contributed by atoms with Crippen molar-refractivity contribution in [3.63, 3.8) is 0 Å². The second kappa shape index (κ2) is 6.16. The lowest BCUT2D eigenvalue weighted by molar-refractivity contribution is -0.163. The van der Waals surface area contributed by atoms with Gasteiger partial charge in [-0.15, -0.1) is 0 Å². The van der Waals surface area contributed by atoms with Crippen molar-refractivity contribution in [1.29, 1.82) is 0 Å². The molecule has 0 amide bonds. The molecule has 3 atom stereocenters. The SMILES string of the molecule is CCC(C)n1ccc(CC2CCCC(C(F)(F)F)N2)n1. The summed E-state index contributed by atoms with van der Waals surface area (Å²) in [4.78, 5) is 0. The molecule has 0 saturated carbocycles. The lowest BCUT2D eigenvalue weighted by Crippen LogP contribution is -2.51. The number of rotatable bonds is 4. The molecule has 0 spiro atoms. The van der Waals surface area contributed by atoms with Gasteiger partial charge in [-0.3, -0.25) is 4.68 Å². The predicted molar refractivity (Wildman–Crippen MR) is 71.6 cm³/mol. The molecule has 1 aliphatic rings. The number of aromatic nitrogens is 2. The van der Waals surface area contributed by atoms with E-state index < -0.39 is 12.2 Å². The summed E-state index contributed by atoms with van der Waals surface area (Å²) in [6.45, 7) is 4.16. The molecule has 1 aliphatic heterocycles. The second-order valence-corrected chi connectivity index (χ2v) is 5.64. The molecule has 20 heavy (non-hydrogen) atoms. The molecule has 1 N–H and O–H groups in total. The standard InChI is InChI=1S/C14H22F3N3/c1-3-10(2)20-8-7-12(19-20)9-11-5-4-6-13(18-11)14(15,16)17/h7-8,10-11,13,18H,3-6,9H2,1-2H3. The van der Waals surface area contributed by atoms with Crippen LogP contribution in [0.15, 0.2) is 12.3 Å². The average Bonchev–Trinajstić information content (AvgIpc) is 2.85. The maximum Gasteiger partial charge on any atom is 0.403 e. The highest BCUT2D eigenvalue weighted by atomic mass is 19.4. The average molecular weight is 289 g/mol. The first kappa shape index (κ1) is 15.4. The molecule has 1 fully saturated rings. The molecule has 0 bridgehead atoms. The lowest BCUT2D eigenvalue weighted by atomic mass is 9.95. The third-order valence-electron chi connectivity index (χ3n) is 4.04. The molecule has 0 aliphatic carbocycles. The summed E-state index contributed by atoms with van der Waals surface area (Å²) in [7, 11) is 0. The van der Waals surface area contributed by atoms with E-state index in [1.54, 1.807) is 0 Å². The van der Waals surface area contributed by atoms with Crippen molar-refractivity contribution in [2.24, 2.45) is 0 Å². The van der Waals surface area contributed by atoms with Gasteiger partial charge < -0.3 is 5.32 Å². The van der Waals surface area contributed by atoms with Gasteiger partial charge in [-0.25, -0.2) is 0 Å². The van der Waals surface area contributed by atoms with E-state index >= 15 is 0 Å². The lowest BCUT2D eigenvalue weighted by Gasteiger charge is -2.32. The molecule has 1 saturated heterocycles. The van der Waals surface area contributed by atoms with Crippen LogP contribution in [0.1, 0.15) is 51.3 Å². The van der Waals surface area contributed by atoms with Crippen LogP contribution in [0, 0.1) is 0 Å². The fourth-order valence-electron chi connectivity index (χ4n) is 2.61. The quantitative estimate of drug-likeness (QED) is 0.920. The van der Waals surface area contributed by atoms with E-state index in [4.69, 9.17) is 0 Å². The van der Waals surface area contributed by atoms with Crippen LogP contribution < -0.4 is 5.32 Å². The highest BCUT2D eigenvalue weighted by Crippen LogP contribution is 2.28. The van der Waals surface area contributed by atoms with Gasteiger partial charge in [0.2, 0.25) is 0 Å². The molecule has 1 aromatic rings. The summed E-state index contributed by atoms with van der Waals surface area (Å²) in [5.74, 6) is 0. The van der Waals surface area contributed by atoms with Crippen LogP contribution >= 0.6 is 0 Å². The largest absolute Gasteiger partial charge is 0.403 e. The van der Waals surface area contributed by atoms with E-state index in [0.29, 0.717) is 18.9 Å². The van der Waals surface area contributed by atoms with Gasteiger partial charge in [0.25, 0.3) is 0 Å². The van der Waals surface area contributed by atoms with Crippen molar-refractivity contribution < 1.29 is 13.2 Å². The Labute approximate surface area is 117 Å². The van der Waals surface area contributed by atoms with Crippen molar-refractivity contribution in [2.75, 3.05) is 0 Å². The van der Waals surface area contributed by atoms with Gasteiger partial charge in [0, 0.05) is 24.7 Å². The first-order valence-electron chi connectivity index (χ1n) is 7.27. The number of alkyl halides is 3. The van der Waals surface area contributed by atoms with Crippen molar-refractivity contribution in [3.05, 3.63) is 18.0 Å². The van der Waals surface area contributed by atoms with Crippen LogP contribution in [0.3, 0.4) is 0 Å². The van der Waals surface area contributed by atoms with Crippen LogP contribution in [0.25, 0.3) is 0 Å². The van der Waals surface area contributed by atoms with Gasteiger partial charge in [0.05, 0.1) is 5.69 Å². The van der Waals surface area contributed by atoms with Crippen LogP contribution in [-0.4, -0.2) is 28.0 Å². The maximum absolute atomic E-state index is 12.7. The third kappa shape index (κ3) is 3.75. The van der Waals surface area contributed by atoms with Gasteiger partial charge in [-0.1, -0.05) is 6.92 Å². The number of halogens is 3. The molecule has 3 unspecified atom stereocenters. The van der Waals surface area contributed by atoms with Gasteiger partial charge >= 0.3 is 6.18 Å². The van der Waals surface area contributed by atoms with E-state index in [-0.39, 0.29) is 12.5 Å². The minimum atomic E-state index is -4.14. The van der Waals surface area contributed by atoms with Crippen molar-refractivity contribution >= 4 is 0 Å². The molecule has 114 valence electrons. The summed E-state index contributed by atoms with van der Waals surface area (Å²) < 4.78 is 40.1. The maximum atomic E-state index is 12.7. The summed E-state index contributed by atoms with van der Waals surface area (Å²) in [6.07, 6.45) is 0.898. The van der Waals surface area contributed by atoms with Crippen molar-refractivity contribution in [2.45, 2.75) is 70.3 Å². The topological polar surface area (TPSA) is 29.9 Å². The Kier molecular flexibility index (Phi) is 4.73. The van der Waals surface area contributed by atoms with Crippen LogP contribution in [0.4, 0.5) is 13.2 Å². The van der Waals surface area contributed by atoms with E-state index in [0.717, 1.165) is 18.5 Å². The molecule has 6 heteroatoms. The Morgan fingerprint density at radius 1 is 1.45 bits per heavy atom. The zero-order chi connectivity index (χ0) is 14.8. The van der Waals surface area contributed by atoms with Gasteiger partial charge in [-0.05, 0) is 38.7 Å². The minimum absolute atomic E-state index is 0.129. The Bertz CT molecular complexity index is 428. The van der Waals surface area contributed by atoms with Crippen molar-refractivity contribution in [1.82, 2.24) is 15.1 Å². The number of hydrogen-bond acceptors (Lipinski definition) is 2. The summed E-state index contributed by atoms with van der Waals surface area (Å²) >= 11 is 0. The van der Waals surface area contributed by atoms with E-state index in [9.17, 15) is 13.2 Å². The molecular weight excluding hydrogens is 267 g/mol. The highest BCUT2D eigenvalue weighted by molar-refractivity contribution is 5.03. The smallest absolute Gasteiger partial charge is 0.303 e. The Morgan fingerprint density at radius 2 is 2.20 bits per heavy atom. The van der Waals surface area contributed by atoms with E-state index in [1.807, 2.05) is 16.9 Å². The fourth-order valence-corrected chi connectivity index (χ4v) is 2.61. The minimum Gasteiger partial charge on any atom is -0.303 e. The Balaban J connectivity index is 1.94. The molecule has 2 rings (SSSR count). The zero-order valence-electron chi connectivity index (χ0n) is 12.0. The Hall–Kier alpha value is -1.04. The highest BCUT2D eigenvalue weighted by Gasteiger charge is 2.41. The molecule has 1 aromatic heterocycles. The summed E-state index contributed by atoms with van der Waals surface area (Å²) in [5.41, 5.74) is 0.866. The van der Waals surface area contributed by atoms with Gasteiger partial charge in [0.1, 0.15) is 6.04 Å². The van der Waals surface area contributed by atoms with Gasteiger partial charge in [-0.2, -0.15) is 18.3 Å². The van der Waals surface area contributed by atoms with E-state index in [2.05, 4.69) is 24.3 Å². The number of nitrogens with zero attached hydrogens (tertiary/aromatic N) is 2. The normalized spacial score (nSPS) is 25.6. The van der Waals surface area contributed by atoms with E-state index in [1.165, 1.54) is 0 Å². The van der Waals surface area contributed by atoms with Gasteiger partial charge in [0.15, 0.2) is 0 Å². The Morgan fingerprint density at radius 3 is 2.85 bits per heavy atom. The number of nitrogens with one attached hydrogen (secondary N) is 1. The number of piperidine rings is 1. The first-order valence-corrected chi connectivity index (χ1v) is 7.27. The van der Waals surface area contributed by atoms with Crippen LogP contribution in [-0.2, 0) is 6.42 Å². The molecule has 0 radical (unpaired) electrons. The first-order chi connectivity index (χ1) is 9.40. The molecule has 2 heterocycles. The summed E-state index contributed by atoms with van der Waals surface area (Å²) in [6, 6.07) is 0.741. The van der Waals surface area contributed by atoms with Crippen LogP contribution in [0.5, 0.6) is 0 Å². The molecular formula is C14H22F3N3. The molecule has 3 nitrogen and oxygen atoms in total. The fraction of sp³-hybridized carbons (Fsp3) is 0.786.